The lowest BCUT2D eigenvalue weighted by molar-refractivity contribution is -0.153. The van der Waals surface area contributed by atoms with Gasteiger partial charge >= 0.3 is 5.97 Å². The van der Waals surface area contributed by atoms with Gasteiger partial charge in [0.25, 0.3) is 0 Å². The Labute approximate surface area is 160 Å². The molecule has 1 aromatic carbocycles. The van der Waals surface area contributed by atoms with Gasteiger partial charge in [-0.05, 0) is 19.1 Å². The number of aryl methyl sites for hydroxylation is 1. The summed E-state index contributed by atoms with van der Waals surface area (Å²) < 4.78 is 31.4. The van der Waals surface area contributed by atoms with Crippen LogP contribution in [0.1, 0.15) is 26.3 Å². The van der Waals surface area contributed by atoms with Crippen LogP contribution in [-0.2, 0) is 24.3 Å². The Morgan fingerprint density at radius 3 is 2.26 bits per heavy atom. The van der Waals surface area contributed by atoms with E-state index < -0.39 is 39.2 Å². The van der Waals surface area contributed by atoms with Crippen molar-refractivity contribution in [3.05, 3.63) is 42.0 Å². The molecule has 0 aliphatic rings. The summed E-state index contributed by atoms with van der Waals surface area (Å²) in [6.45, 7) is 6.63. The molecule has 0 aliphatic heterocycles. The van der Waals surface area contributed by atoms with Gasteiger partial charge in [-0.2, -0.15) is 0 Å². The Bertz CT molecular complexity index is 790. The number of sulfonamides is 1. The van der Waals surface area contributed by atoms with Crippen LogP contribution in [0.4, 0.5) is 0 Å². The second kappa shape index (κ2) is 9.25. The summed E-state index contributed by atoms with van der Waals surface area (Å²) in [7, 11) is -2.56. The molecule has 0 spiro atoms. The molecular formula is C19H27NO6S. The highest BCUT2D eigenvalue weighted by atomic mass is 32.2. The van der Waals surface area contributed by atoms with E-state index in [2.05, 4.69) is 9.46 Å². The molecular weight excluding hydrogens is 370 g/mol. The van der Waals surface area contributed by atoms with E-state index in [4.69, 9.17) is 0 Å². The maximum Gasteiger partial charge on any atom is 0.315 e. The Kier molecular flexibility index (Phi) is 7.89. The maximum absolute atomic E-state index is 12.2. The fraction of sp³-hybridized carbons (Fsp3) is 0.474. The quantitative estimate of drug-likeness (QED) is 0.509. The van der Waals surface area contributed by atoms with Gasteiger partial charge < -0.3 is 9.84 Å². The first-order chi connectivity index (χ1) is 12.4. The summed E-state index contributed by atoms with van der Waals surface area (Å²) in [6, 6.07) is 6.35. The van der Waals surface area contributed by atoms with Crippen molar-refractivity contribution in [3.63, 3.8) is 0 Å². The summed E-state index contributed by atoms with van der Waals surface area (Å²) >= 11 is 0. The fourth-order valence-corrected chi connectivity index (χ4v) is 3.21. The minimum atomic E-state index is -3.71. The van der Waals surface area contributed by atoms with Gasteiger partial charge in [0.1, 0.15) is 12.0 Å². The topological polar surface area (TPSA) is 110 Å². The number of nitrogens with one attached hydrogen (secondary N) is 1. The van der Waals surface area contributed by atoms with Crippen molar-refractivity contribution >= 4 is 21.8 Å². The van der Waals surface area contributed by atoms with Gasteiger partial charge in [0.05, 0.1) is 12.0 Å². The molecule has 1 rings (SSSR count). The molecule has 150 valence electrons. The summed E-state index contributed by atoms with van der Waals surface area (Å²) in [6.07, 6.45) is 1.06. The van der Waals surface area contributed by atoms with Crippen LogP contribution in [0.5, 0.6) is 0 Å². The Balaban J connectivity index is 2.85. The van der Waals surface area contributed by atoms with Crippen molar-refractivity contribution in [1.82, 2.24) is 4.72 Å². The number of Topliss-reactive ketones (excluding diaryl/α,β-unsaturated/α-hetero) is 1. The Morgan fingerprint density at radius 1 is 1.22 bits per heavy atom. The van der Waals surface area contributed by atoms with Gasteiger partial charge in [-0.25, -0.2) is 13.1 Å². The van der Waals surface area contributed by atoms with Crippen molar-refractivity contribution in [3.8, 4) is 0 Å². The van der Waals surface area contributed by atoms with E-state index in [1.807, 2.05) is 6.92 Å². The van der Waals surface area contributed by atoms with Crippen molar-refractivity contribution in [1.29, 1.82) is 0 Å². The lowest BCUT2D eigenvalue weighted by Gasteiger charge is -2.24. The zero-order chi connectivity index (χ0) is 20.8. The Hall–Kier alpha value is -2.03. The first-order valence-corrected chi connectivity index (χ1v) is 9.91. The highest BCUT2D eigenvalue weighted by molar-refractivity contribution is 7.89. The third kappa shape index (κ3) is 6.57. The largest absolute Gasteiger partial charge is 0.468 e. The van der Waals surface area contributed by atoms with Gasteiger partial charge in [0.15, 0.2) is 5.78 Å². The van der Waals surface area contributed by atoms with Crippen molar-refractivity contribution in [2.24, 2.45) is 11.3 Å². The molecule has 0 saturated carbocycles. The fourth-order valence-electron chi connectivity index (χ4n) is 2.23. The molecule has 0 aliphatic carbocycles. The molecule has 0 aromatic heterocycles. The number of benzene rings is 1. The number of aliphatic hydroxyl groups excluding tert-OH is 1. The van der Waals surface area contributed by atoms with Crippen LogP contribution in [0.3, 0.4) is 0 Å². The molecule has 0 fully saturated rings. The minimum Gasteiger partial charge on any atom is -0.468 e. The van der Waals surface area contributed by atoms with E-state index in [-0.39, 0.29) is 11.4 Å². The number of ether oxygens (including phenoxy) is 1. The monoisotopic (exact) mass is 397 g/mol. The minimum absolute atomic E-state index is 0.111. The van der Waals surface area contributed by atoms with E-state index in [1.165, 1.54) is 24.3 Å². The van der Waals surface area contributed by atoms with Crippen LogP contribution in [-0.4, -0.2) is 45.0 Å². The summed E-state index contributed by atoms with van der Waals surface area (Å²) in [4.78, 5) is 24.3. The molecule has 0 saturated heterocycles. The lowest BCUT2D eigenvalue weighted by atomic mass is 9.83. The van der Waals surface area contributed by atoms with E-state index >= 15 is 0 Å². The number of ketones is 1. The second-order valence-electron chi connectivity index (χ2n) is 7.20. The molecule has 2 N–H and O–H groups in total. The first kappa shape index (κ1) is 23.0. The van der Waals surface area contributed by atoms with E-state index in [0.717, 1.165) is 12.7 Å². The maximum atomic E-state index is 12.2. The highest BCUT2D eigenvalue weighted by Crippen LogP contribution is 2.22. The number of aliphatic hydroxyl groups is 1. The number of rotatable bonds is 8. The van der Waals surface area contributed by atoms with Gasteiger partial charge in [-0.1, -0.05) is 50.6 Å². The summed E-state index contributed by atoms with van der Waals surface area (Å²) in [5, 5.41) is 10.2. The van der Waals surface area contributed by atoms with E-state index in [0.29, 0.717) is 0 Å². The molecule has 2 unspecified atom stereocenters. The molecule has 8 heteroatoms. The van der Waals surface area contributed by atoms with Crippen LogP contribution in [0.25, 0.3) is 0 Å². The summed E-state index contributed by atoms with van der Waals surface area (Å²) in [5.41, 5.74) is 0.0966. The molecule has 1 aromatic rings. The Morgan fingerprint density at radius 2 is 1.78 bits per heavy atom. The van der Waals surface area contributed by atoms with Crippen molar-refractivity contribution < 1.29 is 27.9 Å². The zero-order valence-electron chi connectivity index (χ0n) is 16.2. The smallest absolute Gasteiger partial charge is 0.315 e. The van der Waals surface area contributed by atoms with Crippen LogP contribution in [0.15, 0.2) is 41.3 Å². The predicted octanol–water partition coefficient (Wildman–Crippen LogP) is 1.59. The first-order valence-electron chi connectivity index (χ1n) is 8.43. The molecule has 2 atom stereocenters. The van der Waals surface area contributed by atoms with Crippen LogP contribution >= 0.6 is 0 Å². The summed E-state index contributed by atoms with van der Waals surface area (Å²) in [5.74, 6) is -2.51. The molecule has 0 heterocycles. The van der Waals surface area contributed by atoms with E-state index in [1.54, 1.807) is 32.9 Å². The number of carbonyl (C=O) groups is 2. The predicted molar refractivity (Wildman–Crippen MR) is 101 cm³/mol. The van der Waals surface area contributed by atoms with Gasteiger partial charge in [0.2, 0.25) is 10.0 Å². The molecule has 7 nitrogen and oxygen atoms in total. The second-order valence-corrected chi connectivity index (χ2v) is 8.97. The number of methoxy groups -OCH3 is 1. The molecule has 27 heavy (non-hydrogen) atoms. The average Bonchev–Trinajstić information content (AvgIpc) is 2.59. The van der Waals surface area contributed by atoms with Gasteiger partial charge in [-0.3, -0.25) is 9.59 Å². The average molecular weight is 397 g/mol. The van der Waals surface area contributed by atoms with Crippen LogP contribution < -0.4 is 4.72 Å². The zero-order valence-corrected chi connectivity index (χ0v) is 17.0. The van der Waals surface area contributed by atoms with Crippen LogP contribution in [0, 0.1) is 18.3 Å². The number of esters is 1. The highest BCUT2D eigenvalue weighted by Gasteiger charge is 2.36. The normalized spacial score (nSPS) is 14.7. The van der Waals surface area contributed by atoms with E-state index in [9.17, 15) is 23.1 Å². The third-order valence-electron chi connectivity index (χ3n) is 3.89. The van der Waals surface area contributed by atoms with Crippen molar-refractivity contribution in [2.75, 3.05) is 13.7 Å². The van der Waals surface area contributed by atoms with Gasteiger partial charge in [-0.15, -0.1) is 0 Å². The molecule has 0 bridgehead atoms. The van der Waals surface area contributed by atoms with Crippen LogP contribution in [0.2, 0.25) is 0 Å². The van der Waals surface area contributed by atoms with Crippen molar-refractivity contribution in [2.45, 2.75) is 38.7 Å². The number of hydrogen-bond acceptors (Lipinski definition) is 6. The number of hydrogen-bond donors (Lipinski definition) is 2. The molecule has 0 radical (unpaired) electrons. The molecule has 0 amide bonds. The lowest BCUT2D eigenvalue weighted by Crippen LogP contribution is -2.40. The standard InChI is InChI=1S/C19H27NO6S/c1-13-8-10-14(11-9-13)27(24,25)20-12-6-7-15(18(23)26-5)16(21)17(22)19(2,3)4/h6-11,15-16,20-21H,12H2,1-5H3/b7-6+. The third-order valence-corrected chi connectivity index (χ3v) is 5.33. The SMILES string of the molecule is COC(=O)C(/C=C/CNS(=O)(=O)c1ccc(C)cc1)C(O)C(=O)C(C)(C)C. The number of carbonyl (C=O) groups excluding carboxylic acids is 2. The van der Waals surface area contributed by atoms with Gasteiger partial charge in [0, 0.05) is 12.0 Å².